The minimum atomic E-state index is -0.411. The number of hydrogen-bond donors (Lipinski definition) is 0. The Hall–Kier alpha value is -4.41. The van der Waals surface area contributed by atoms with Gasteiger partial charge in [0.05, 0.1) is 6.61 Å². The summed E-state index contributed by atoms with van der Waals surface area (Å²) in [5.74, 6) is 2.63. The normalized spacial score (nSPS) is 12.1. The van der Waals surface area contributed by atoms with Gasteiger partial charge in [0.15, 0.2) is 15.5 Å². The minimum absolute atomic E-state index is 0.260. The van der Waals surface area contributed by atoms with Crippen LogP contribution in [0.5, 0.6) is 17.2 Å². The van der Waals surface area contributed by atoms with Gasteiger partial charge in [-0.3, -0.25) is 0 Å². The lowest BCUT2D eigenvalue weighted by atomic mass is 9.98. The molecule has 3 nitrogen and oxygen atoms in total. The van der Waals surface area contributed by atoms with Crippen molar-refractivity contribution in [3.05, 3.63) is 133 Å². The standard InChI is InChI=1S/C42H43O3S/c1-41(2,3)44-34-18-22-36(23-19-34)46(37-24-20-35(21-25-37)45-42(4,5)6)40-17-10-9-16-39(40)43-27-26-30-14-11-15-33-28-31-12-7-8-13-32(31)29-38(30)33/h7-25,28-29H,26-27H2,1-6H3/q+1. The number of hydrogen-bond acceptors (Lipinski definition) is 3. The first kappa shape index (κ1) is 31.6. The fourth-order valence-corrected chi connectivity index (χ4v) is 7.78. The lowest BCUT2D eigenvalue weighted by Crippen LogP contribution is -2.23. The van der Waals surface area contributed by atoms with Crippen LogP contribution in [0.1, 0.15) is 47.1 Å². The van der Waals surface area contributed by atoms with Crippen LogP contribution in [0.4, 0.5) is 0 Å². The molecule has 0 saturated heterocycles. The van der Waals surface area contributed by atoms with Crippen LogP contribution in [0, 0.1) is 0 Å². The number of rotatable bonds is 9. The second-order valence-electron chi connectivity index (χ2n) is 13.6. The minimum Gasteiger partial charge on any atom is -0.488 e. The van der Waals surface area contributed by atoms with Gasteiger partial charge in [-0.25, -0.2) is 0 Å². The fraction of sp³-hybridized carbons (Fsp3) is 0.238. The Bertz CT molecular complexity index is 1870. The van der Waals surface area contributed by atoms with Crippen LogP contribution in [-0.4, -0.2) is 17.8 Å². The molecule has 6 aromatic rings. The van der Waals surface area contributed by atoms with E-state index in [0.29, 0.717) is 6.61 Å². The lowest BCUT2D eigenvalue weighted by Gasteiger charge is -2.21. The predicted octanol–water partition coefficient (Wildman–Crippen LogP) is 11.1. The second-order valence-corrected chi connectivity index (χ2v) is 15.6. The fourth-order valence-electron chi connectivity index (χ4n) is 5.64. The van der Waals surface area contributed by atoms with E-state index in [0.717, 1.165) is 28.6 Å². The van der Waals surface area contributed by atoms with Gasteiger partial charge in [-0.1, -0.05) is 54.6 Å². The maximum absolute atomic E-state index is 6.64. The molecular weight excluding hydrogens is 585 g/mol. The average molecular weight is 628 g/mol. The molecule has 0 aliphatic carbocycles. The van der Waals surface area contributed by atoms with Gasteiger partial charge in [-0.2, -0.15) is 0 Å². The molecule has 0 N–H and O–H groups in total. The highest BCUT2D eigenvalue weighted by Gasteiger charge is 2.32. The molecule has 0 spiro atoms. The van der Waals surface area contributed by atoms with Crippen LogP contribution in [0.15, 0.2) is 142 Å². The Balaban J connectivity index is 1.30. The summed E-state index contributed by atoms with van der Waals surface area (Å²) in [4.78, 5) is 3.55. The van der Waals surface area contributed by atoms with Gasteiger partial charge in [0.2, 0.25) is 4.90 Å². The van der Waals surface area contributed by atoms with E-state index in [1.165, 1.54) is 36.9 Å². The molecule has 0 aromatic heterocycles. The highest BCUT2D eigenvalue weighted by Crippen LogP contribution is 2.38. The molecule has 0 saturated carbocycles. The lowest BCUT2D eigenvalue weighted by molar-refractivity contribution is 0.130. The molecule has 46 heavy (non-hydrogen) atoms. The smallest absolute Gasteiger partial charge is 0.208 e. The van der Waals surface area contributed by atoms with Crippen LogP contribution in [0.25, 0.3) is 21.5 Å². The largest absolute Gasteiger partial charge is 0.488 e. The highest BCUT2D eigenvalue weighted by molar-refractivity contribution is 7.97. The molecule has 0 fully saturated rings. The summed E-state index contributed by atoms with van der Waals surface area (Å²) in [6.45, 7) is 13.0. The van der Waals surface area contributed by atoms with E-state index in [-0.39, 0.29) is 11.2 Å². The third kappa shape index (κ3) is 7.68. The van der Waals surface area contributed by atoms with Gasteiger partial charge in [-0.15, -0.1) is 0 Å². The Labute approximate surface area is 276 Å². The number of fused-ring (bicyclic) bond motifs is 2. The molecule has 6 aromatic carbocycles. The van der Waals surface area contributed by atoms with Crippen LogP contribution >= 0.6 is 0 Å². The summed E-state index contributed by atoms with van der Waals surface area (Å²) in [6.07, 6.45) is 0.815. The number of benzene rings is 6. The van der Waals surface area contributed by atoms with Gasteiger partial charge in [-0.05, 0) is 141 Å². The monoisotopic (exact) mass is 627 g/mol. The molecule has 0 bridgehead atoms. The quantitative estimate of drug-likeness (QED) is 0.118. The zero-order valence-electron chi connectivity index (χ0n) is 27.7. The van der Waals surface area contributed by atoms with Crippen molar-refractivity contribution in [1.29, 1.82) is 0 Å². The van der Waals surface area contributed by atoms with E-state index < -0.39 is 10.9 Å². The van der Waals surface area contributed by atoms with Crippen molar-refractivity contribution in [2.24, 2.45) is 0 Å². The van der Waals surface area contributed by atoms with Crippen molar-refractivity contribution in [3.8, 4) is 17.2 Å². The van der Waals surface area contributed by atoms with E-state index >= 15 is 0 Å². The number of para-hydroxylation sites is 1. The van der Waals surface area contributed by atoms with Gasteiger partial charge in [0.25, 0.3) is 0 Å². The third-order valence-electron chi connectivity index (χ3n) is 7.50. The molecule has 234 valence electrons. The van der Waals surface area contributed by atoms with Crippen molar-refractivity contribution in [2.45, 2.75) is 73.9 Å². The molecule has 0 atom stereocenters. The highest BCUT2D eigenvalue weighted by atomic mass is 32.2. The number of ether oxygens (including phenoxy) is 3. The molecule has 0 aliphatic rings. The first-order chi connectivity index (χ1) is 22.0. The molecular formula is C42H43O3S+. The SMILES string of the molecule is CC(C)(C)Oc1ccc([S+](c2ccc(OC(C)(C)C)cc2)c2ccccc2OCCc2cccc3cc4ccccc4cc23)cc1. The molecule has 4 heteroatoms. The van der Waals surface area contributed by atoms with Crippen molar-refractivity contribution in [3.63, 3.8) is 0 Å². The summed E-state index contributed by atoms with van der Waals surface area (Å²) in [5, 5.41) is 5.07. The van der Waals surface area contributed by atoms with E-state index in [1.807, 2.05) is 0 Å². The summed E-state index contributed by atoms with van der Waals surface area (Å²) >= 11 is 0. The van der Waals surface area contributed by atoms with Gasteiger partial charge in [0.1, 0.15) is 33.6 Å². The van der Waals surface area contributed by atoms with Gasteiger partial charge < -0.3 is 14.2 Å². The molecule has 0 radical (unpaired) electrons. The van der Waals surface area contributed by atoms with Crippen molar-refractivity contribution in [2.75, 3.05) is 6.61 Å². The van der Waals surface area contributed by atoms with Crippen molar-refractivity contribution < 1.29 is 14.2 Å². The third-order valence-corrected chi connectivity index (χ3v) is 9.77. The van der Waals surface area contributed by atoms with Crippen LogP contribution < -0.4 is 14.2 Å². The molecule has 6 rings (SSSR count). The summed E-state index contributed by atoms with van der Waals surface area (Å²) < 4.78 is 18.9. The van der Waals surface area contributed by atoms with Crippen molar-refractivity contribution in [1.82, 2.24) is 0 Å². The van der Waals surface area contributed by atoms with E-state index in [4.69, 9.17) is 14.2 Å². The zero-order valence-corrected chi connectivity index (χ0v) is 28.5. The van der Waals surface area contributed by atoms with Crippen LogP contribution in [0.3, 0.4) is 0 Å². The summed E-state index contributed by atoms with van der Waals surface area (Å²) in [6, 6.07) is 45.2. The van der Waals surface area contributed by atoms with Gasteiger partial charge >= 0.3 is 0 Å². The van der Waals surface area contributed by atoms with E-state index in [1.54, 1.807) is 0 Å². The van der Waals surface area contributed by atoms with E-state index in [2.05, 4.69) is 169 Å². The van der Waals surface area contributed by atoms with Crippen LogP contribution in [-0.2, 0) is 17.3 Å². The molecule has 0 heterocycles. The summed E-state index contributed by atoms with van der Waals surface area (Å²) in [5.41, 5.74) is 0.775. The molecule has 0 aliphatic heterocycles. The second kappa shape index (κ2) is 13.1. The maximum Gasteiger partial charge on any atom is 0.208 e. The molecule has 0 amide bonds. The maximum atomic E-state index is 6.64. The van der Waals surface area contributed by atoms with Crippen molar-refractivity contribution >= 4 is 32.4 Å². The Morgan fingerprint density at radius 1 is 0.522 bits per heavy atom. The summed E-state index contributed by atoms with van der Waals surface area (Å²) in [7, 11) is -0.411. The molecule has 0 unspecified atom stereocenters. The Kier molecular flexibility index (Phi) is 9.02. The van der Waals surface area contributed by atoms with E-state index in [9.17, 15) is 0 Å². The Morgan fingerprint density at radius 2 is 1.04 bits per heavy atom. The average Bonchev–Trinajstić information content (AvgIpc) is 3.01. The Morgan fingerprint density at radius 3 is 1.63 bits per heavy atom. The predicted molar refractivity (Wildman–Crippen MR) is 193 cm³/mol. The topological polar surface area (TPSA) is 27.7 Å². The first-order valence-electron chi connectivity index (χ1n) is 16.0. The van der Waals surface area contributed by atoms with Crippen LogP contribution in [0.2, 0.25) is 0 Å². The zero-order chi connectivity index (χ0) is 32.3. The van der Waals surface area contributed by atoms with Gasteiger partial charge in [0, 0.05) is 6.42 Å². The first-order valence-corrected chi connectivity index (χ1v) is 17.2.